The predicted molar refractivity (Wildman–Crippen MR) is 106 cm³/mol. The summed E-state index contributed by atoms with van der Waals surface area (Å²) in [6, 6.07) is 6.23. The Morgan fingerprint density at radius 2 is 2.11 bits per heavy atom. The van der Waals surface area contributed by atoms with Crippen LogP contribution in [0.25, 0.3) is 27.9 Å². The molecule has 1 saturated carbocycles. The molecule has 0 aromatic carbocycles. The van der Waals surface area contributed by atoms with Crippen molar-refractivity contribution >= 4 is 22.6 Å². The highest BCUT2D eigenvalue weighted by Crippen LogP contribution is 2.33. The zero-order chi connectivity index (χ0) is 19.3. The second-order valence-corrected chi connectivity index (χ2v) is 7.45. The minimum atomic E-state index is -0.448. The number of hydrogen-bond acceptors (Lipinski definition) is 5. The largest absolute Gasteiger partial charge is 0.350 e. The second kappa shape index (κ2) is 6.54. The van der Waals surface area contributed by atoms with Crippen molar-refractivity contribution in [1.82, 2.24) is 29.1 Å². The van der Waals surface area contributed by atoms with Gasteiger partial charge in [0.25, 0.3) is 0 Å². The van der Waals surface area contributed by atoms with Crippen LogP contribution in [0.5, 0.6) is 0 Å². The summed E-state index contributed by atoms with van der Waals surface area (Å²) >= 11 is 0. The quantitative estimate of drug-likeness (QED) is 0.554. The van der Waals surface area contributed by atoms with Crippen LogP contribution in [0, 0.1) is 12.8 Å². The van der Waals surface area contributed by atoms with Crippen molar-refractivity contribution in [2.24, 2.45) is 5.92 Å². The lowest BCUT2D eigenvalue weighted by Crippen LogP contribution is -2.19. The Balaban J connectivity index is 1.52. The van der Waals surface area contributed by atoms with E-state index in [1.165, 1.54) is 12.8 Å². The van der Waals surface area contributed by atoms with Crippen molar-refractivity contribution in [3.8, 4) is 11.3 Å². The number of nitrogens with one attached hydrogen (secondary N) is 1. The van der Waals surface area contributed by atoms with Gasteiger partial charge in [-0.3, -0.25) is 0 Å². The van der Waals surface area contributed by atoms with Crippen LogP contribution in [-0.4, -0.2) is 41.8 Å². The lowest BCUT2D eigenvalue weighted by atomic mass is 10.2. The number of nitrogens with zero attached hydrogens (tertiary/aromatic N) is 6. The van der Waals surface area contributed by atoms with Gasteiger partial charge in [-0.15, -0.1) is 5.10 Å². The van der Waals surface area contributed by atoms with Crippen molar-refractivity contribution < 1.29 is 4.39 Å². The summed E-state index contributed by atoms with van der Waals surface area (Å²) in [5.41, 5.74) is 4.09. The van der Waals surface area contributed by atoms with Gasteiger partial charge in [-0.25, -0.2) is 23.9 Å². The van der Waals surface area contributed by atoms with Gasteiger partial charge in [0.15, 0.2) is 5.65 Å². The molecule has 0 amide bonds. The number of anilines is 1. The summed E-state index contributed by atoms with van der Waals surface area (Å²) < 4.78 is 16.6. The number of fused-ring (bicyclic) bond motifs is 2. The van der Waals surface area contributed by atoms with Crippen LogP contribution in [0.3, 0.4) is 0 Å². The summed E-state index contributed by atoms with van der Waals surface area (Å²) in [5.74, 6) is 2.13. The van der Waals surface area contributed by atoms with Crippen LogP contribution < -0.4 is 5.32 Å². The van der Waals surface area contributed by atoms with E-state index in [0.29, 0.717) is 17.6 Å². The zero-order valence-electron chi connectivity index (χ0n) is 15.9. The van der Waals surface area contributed by atoms with E-state index in [1.807, 2.05) is 46.6 Å². The Labute approximate surface area is 161 Å². The fourth-order valence-electron chi connectivity index (χ4n) is 3.72. The Morgan fingerprint density at radius 1 is 1.25 bits per heavy atom. The van der Waals surface area contributed by atoms with Gasteiger partial charge >= 0.3 is 0 Å². The van der Waals surface area contributed by atoms with Crippen LogP contribution in [0.1, 0.15) is 25.6 Å². The van der Waals surface area contributed by atoms with Gasteiger partial charge in [0, 0.05) is 17.8 Å². The number of imidazole rings is 1. The van der Waals surface area contributed by atoms with Gasteiger partial charge in [-0.05, 0) is 50.8 Å². The highest BCUT2D eigenvalue weighted by atomic mass is 19.1. The third-order valence-corrected chi connectivity index (χ3v) is 5.47. The molecule has 0 bridgehead atoms. The molecular weight excluding hydrogens is 357 g/mol. The van der Waals surface area contributed by atoms with Crippen LogP contribution in [0.4, 0.5) is 10.3 Å². The van der Waals surface area contributed by atoms with Gasteiger partial charge in [-0.1, -0.05) is 0 Å². The SMILES string of the molecule is Cc1nc2ccc(-c3ccn4nc(NC(C)C5CC5)ncc34)nc2n1CCF. The first-order valence-electron chi connectivity index (χ1n) is 9.65. The number of hydrogen-bond donors (Lipinski definition) is 1. The van der Waals surface area contributed by atoms with Crippen LogP contribution >= 0.6 is 0 Å². The number of alkyl halides is 1. The maximum Gasteiger partial charge on any atom is 0.241 e. The molecule has 1 atom stereocenters. The molecule has 7 nitrogen and oxygen atoms in total. The summed E-state index contributed by atoms with van der Waals surface area (Å²) in [7, 11) is 0. The molecule has 1 aliphatic rings. The summed E-state index contributed by atoms with van der Waals surface area (Å²) in [6.45, 7) is 3.85. The molecule has 1 unspecified atom stereocenters. The van der Waals surface area contributed by atoms with Crippen LogP contribution in [0.15, 0.2) is 30.6 Å². The average molecular weight is 379 g/mol. The Hall–Kier alpha value is -3.03. The summed E-state index contributed by atoms with van der Waals surface area (Å²) in [5, 5.41) is 7.97. The topological polar surface area (TPSA) is 72.9 Å². The minimum Gasteiger partial charge on any atom is -0.350 e. The van der Waals surface area contributed by atoms with E-state index in [0.717, 1.165) is 34.0 Å². The zero-order valence-corrected chi connectivity index (χ0v) is 15.9. The molecule has 1 fully saturated rings. The number of rotatable bonds is 6. The fraction of sp³-hybridized carbons (Fsp3) is 0.400. The van der Waals surface area contributed by atoms with E-state index < -0.39 is 6.67 Å². The maximum atomic E-state index is 12.9. The molecule has 0 radical (unpaired) electrons. The van der Waals surface area contributed by atoms with E-state index in [4.69, 9.17) is 4.98 Å². The first-order valence-corrected chi connectivity index (χ1v) is 9.65. The molecule has 0 spiro atoms. The Kier molecular flexibility index (Phi) is 3.99. The van der Waals surface area contributed by atoms with E-state index in [2.05, 4.69) is 27.3 Å². The van der Waals surface area contributed by atoms with Crippen LogP contribution in [0.2, 0.25) is 0 Å². The Bertz CT molecular complexity index is 1160. The molecule has 4 heterocycles. The molecule has 1 N–H and O–H groups in total. The van der Waals surface area contributed by atoms with Crippen molar-refractivity contribution in [1.29, 1.82) is 0 Å². The molecule has 0 aliphatic heterocycles. The number of aryl methyl sites for hydroxylation is 2. The first-order chi connectivity index (χ1) is 13.6. The number of aromatic nitrogens is 6. The van der Waals surface area contributed by atoms with E-state index >= 15 is 0 Å². The predicted octanol–water partition coefficient (Wildman–Crippen LogP) is 3.63. The molecule has 5 rings (SSSR count). The minimum absolute atomic E-state index is 0.257. The average Bonchev–Trinajstić information content (AvgIpc) is 3.39. The monoisotopic (exact) mass is 379 g/mol. The lowest BCUT2D eigenvalue weighted by molar-refractivity contribution is 0.445. The van der Waals surface area contributed by atoms with Crippen molar-refractivity contribution in [2.45, 2.75) is 39.3 Å². The highest BCUT2D eigenvalue weighted by Gasteiger charge is 2.28. The second-order valence-electron chi connectivity index (χ2n) is 7.45. The molecule has 4 aromatic rings. The van der Waals surface area contributed by atoms with E-state index in [-0.39, 0.29) is 6.54 Å². The molecule has 4 aromatic heterocycles. The highest BCUT2D eigenvalue weighted by molar-refractivity contribution is 5.82. The third-order valence-electron chi connectivity index (χ3n) is 5.47. The maximum absolute atomic E-state index is 12.9. The van der Waals surface area contributed by atoms with E-state index in [9.17, 15) is 4.39 Å². The van der Waals surface area contributed by atoms with Crippen LogP contribution in [-0.2, 0) is 6.54 Å². The first kappa shape index (κ1) is 17.1. The van der Waals surface area contributed by atoms with Gasteiger partial charge in [0.1, 0.15) is 18.0 Å². The molecule has 0 saturated heterocycles. The van der Waals surface area contributed by atoms with Gasteiger partial charge in [-0.2, -0.15) is 0 Å². The number of pyridine rings is 1. The molecular formula is C20H22FN7. The molecule has 1 aliphatic carbocycles. The summed E-state index contributed by atoms with van der Waals surface area (Å²) in [4.78, 5) is 13.7. The number of halogens is 1. The lowest BCUT2D eigenvalue weighted by Gasteiger charge is -2.12. The summed E-state index contributed by atoms with van der Waals surface area (Å²) in [6.07, 6.45) is 6.28. The molecule has 8 heteroatoms. The van der Waals surface area contributed by atoms with Crippen molar-refractivity contribution in [2.75, 3.05) is 12.0 Å². The van der Waals surface area contributed by atoms with Gasteiger partial charge < -0.3 is 9.88 Å². The van der Waals surface area contributed by atoms with E-state index in [1.54, 1.807) is 0 Å². The normalized spacial score (nSPS) is 15.4. The van der Waals surface area contributed by atoms with Gasteiger partial charge in [0.05, 0.1) is 24.0 Å². The fourth-order valence-corrected chi connectivity index (χ4v) is 3.72. The molecule has 144 valence electrons. The molecule has 28 heavy (non-hydrogen) atoms. The van der Waals surface area contributed by atoms with Crippen molar-refractivity contribution in [3.05, 3.63) is 36.4 Å². The smallest absolute Gasteiger partial charge is 0.241 e. The van der Waals surface area contributed by atoms with Gasteiger partial charge in [0.2, 0.25) is 5.95 Å². The third kappa shape index (κ3) is 2.89. The van der Waals surface area contributed by atoms with Crippen molar-refractivity contribution in [3.63, 3.8) is 0 Å². The Morgan fingerprint density at radius 3 is 2.89 bits per heavy atom. The standard InChI is InChI=1S/C20H22FN7/c1-12(14-3-4-14)23-20-22-11-18-15(7-9-28(18)26-20)16-5-6-17-19(25-16)27(10-8-21)13(2)24-17/h5-7,9,11-12,14H,3-4,8,10H2,1-2H3,(H,23,26).